The van der Waals surface area contributed by atoms with Crippen molar-refractivity contribution in [3.8, 4) is 0 Å². The predicted molar refractivity (Wildman–Crippen MR) is 266 cm³/mol. The fourth-order valence-corrected chi connectivity index (χ4v) is 50.7. The third-order valence-corrected chi connectivity index (χ3v) is 44.4. The molecule has 52 unspecified atom stereocenters. The van der Waals surface area contributed by atoms with Crippen LogP contribution in [0.5, 0.6) is 0 Å². The fourth-order valence-electron chi connectivity index (χ4n) is 50.7. The highest BCUT2D eigenvalue weighted by atomic mass is 16.5. The van der Waals surface area contributed by atoms with E-state index in [2.05, 4.69) is 30.3 Å². The minimum Gasteiger partial charge on any atom is -0.469 e. The largest absolute Gasteiger partial charge is 0.469 e. The molecule has 1 aromatic carbocycles. The Hall–Kier alpha value is -1.31. The lowest BCUT2D eigenvalue weighted by atomic mass is 9.39. The Morgan fingerprint density at radius 1 is 0.307 bits per heavy atom. The average Bonchev–Trinajstić information content (AvgIpc) is 4.22. The van der Waals surface area contributed by atoms with E-state index in [1.165, 1.54) is 285 Å². The van der Waals surface area contributed by atoms with Crippen LogP contribution in [0.25, 0.3) is 0 Å². The number of hydrogen-bond acceptors (Lipinski definition) is 2. The zero-order valence-corrected chi connectivity index (χ0v) is 43.5. The molecule has 0 saturated heterocycles. The van der Waals surface area contributed by atoms with E-state index in [9.17, 15) is 4.79 Å². The van der Waals surface area contributed by atoms with Crippen molar-refractivity contribution in [2.75, 3.05) is 7.11 Å². The van der Waals surface area contributed by atoms with Gasteiger partial charge in [0, 0.05) is 11.8 Å². The van der Waals surface area contributed by atoms with Crippen molar-refractivity contribution in [3.05, 3.63) is 35.9 Å². The van der Waals surface area contributed by atoms with Crippen LogP contribution in [0, 0.1) is 354 Å². The molecule has 34 rings (SSSR count). The molecule has 0 N–H and O–H groups in total. The molecule has 0 radical (unpaired) electrons. The molecule has 2 heteroatoms. The molecule has 52 atom stereocenters. The molecule has 1 aromatic rings. The van der Waals surface area contributed by atoms with Crippen LogP contribution in [0.3, 0.4) is 0 Å². The highest BCUT2D eigenvalue weighted by Crippen LogP contribution is 3.14. The molecule has 0 aliphatic heterocycles. The van der Waals surface area contributed by atoms with Crippen LogP contribution in [0.1, 0.15) is 31.2 Å². The highest BCUT2D eigenvalue weighted by molar-refractivity contribution is 5.69. The first kappa shape index (κ1) is 34.9. The fraction of sp³-hybridized carbons (Fsp3) is 0.904. The van der Waals surface area contributed by atoms with Crippen molar-refractivity contribution in [1.82, 2.24) is 0 Å². The van der Waals surface area contributed by atoms with Gasteiger partial charge in [-0.3, -0.25) is 4.79 Å². The van der Waals surface area contributed by atoms with E-state index in [0.717, 1.165) is 77.4 Å². The lowest BCUT2D eigenvalue weighted by Gasteiger charge is -2.65. The molecule has 0 heterocycles. The molecule has 33 aliphatic carbocycles. The van der Waals surface area contributed by atoms with E-state index in [1.807, 2.05) is 5.56 Å². The molecule has 0 aromatic heterocycles. The Morgan fingerprint density at radius 2 is 0.507 bits per heavy atom. The van der Waals surface area contributed by atoms with E-state index in [4.69, 9.17) is 4.74 Å². The van der Waals surface area contributed by atoms with E-state index in [-0.39, 0.29) is 5.97 Å². The third-order valence-electron chi connectivity index (χ3n) is 44.4. The Morgan fingerprint density at radius 3 is 0.707 bits per heavy atom. The highest BCUT2D eigenvalue weighted by Gasteiger charge is 3.11. The maximum absolute atomic E-state index is 13.3. The number of carbonyl (C=O) groups is 1. The first-order valence-electron chi connectivity index (χ1n) is 35.4. The summed E-state index contributed by atoms with van der Waals surface area (Å²) in [6, 6.07) is 13.6. The number of rotatable bonds is 6. The minimum absolute atomic E-state index is 0.0853. The number of esters is 1. The molecule has 2 spiro atoms. The average molecular weight is 983 g/mol. The number of methoxy groups -OCH3 is 1. The van der Waals surface area contributed by atoms with Crippen LogP contribution < -0.4 is 0 Å². The van der Waals surface area contributed by atoms with Gasteiger partial charge in [0.05, 0.1) is 7.11 Å². The normalized spacial score (nSPS) is 93.0. The number of ether oxygens (including phenoxy) is 1. The van der Waals surface area contributed by atoms with Crippen LogP contribution in [-0.2, 0) is 14.9 Å². The Balaban J connectivity index is 0.818. The van der Waals surface area contributed by atoms with Crippen molar-refractivity contribution >= 4 is 5.97 Å². The Kier molecular flexibility index (Phi) is 4.06. The van der Waals surface area contributed by atoms with Gasteiger partial charge in [0.25, 0.3) is 0 Å². The van der Waals surface area contributed by atoms with Crippen LogP contribution in [0.15, 0.2) is 30.3 Å². The predicted octanol–water partition coefficient (Wildman–Crippen LogP) is 9.81. The second-order valence-corrected chi connectivity index (χ2v) is 39.1. The molecule has 378 valence electrons. The molecule has 33 fully saturated rings. The second-order valence-electron chi connectivity index (χ2n) is 39.1. The Bertz CT molecular complexity index is 2890. The van der Waals surface area contributed by atoms with Gasteiger partial charge >= 0.3 is 5.97 Å². The molecule has 2 nitrogen and oxygen atoms in total. The summed E-state index contributed by atoms with van der Waals surface area (Å²) in [4.78, 5) is 13.3. The van der Waals surface area contributed by atoms with E-state index in [0.29, 0.717) is 22.7 Å². The molecule has 33 aliphatic rings. The number of carbonyl (C=O) groups excluding carboxylic acids is 1. The molecule has 75 heavy (non-hydrogen) atoms. The first-order valence-corrected chi connectivity index (χ1v) is 35.4. The molecular weight excluding hydrogens is 909 g/mol. The zero-order chi connectivity index (χ0) is 45.2. The van der Waals surface area contributed by atoms with Crippen molar-refractivity contribution < 1.29 is 9.53 Å². The SMILES string of the molecule is COC(=O)CCCCC1(c2ccccc2)C23C4C5C6C7C8C9C%10C%11C%12C%13C%14C%10C%10C8C6C6C8C%10C%14C%10C%14C%13C%13C%12C%12C%15C%11C9C9C%11C%15C%15C%12C%12C%13C%13C%14C%14C%10C8C(C64)C4C%14C6C%13C%12C8C%15C%10C%11C(C97)C5C2C%10C8C6C413. The van der Waals surface area contributed by atoms with Crippen LogP contribution in [0.2, 0.25) is 0 Å². The summed E-state index contributed by atoms with van der Waals surface area (Å²) in [5.41, 5.74) is 3.56. The van der Waals surface area contributed by atoms with Crippen LogP contribution in [0.4, 0.5) is 0 Å². The molecule has 33 saturated carbocycles. The van der Waals surface area contributed by atoms with E-state index >= 15 is 0 Å². The zero-order valence-electron chi connectivity index (χ0n) is 43.5. The van der Waals surface area contributed by atoms with Crippen LogP contribution in [-0.4, -0.2) is 13.1 Å². The van der Waals surface area contributed by atoms with Crippen molar-refractivity contribution in [2.24, 2.45) is 354 Å². The summed E-state index contributed by atoms with van der Waals surface area (Å²) in [6.45, 7) is 0. The number of benzene rings is 1. The van der Waals surface area contributed by atoms with E-state index < -0.39 is 0 Å². The minimum atomic E-state index is 0.0853. The lowest BCUT2D eigenvalue weighted by molar-refractivity contribution is -0.183. The van der Waals surface area contributed by atoms with Gasteiger partial charge < -0.3 is 4.74 Å². The maximum atomic E-state index is 13.3. The van der Waals surface area contributed by atoms with Crippen molar-refractivity contribution in [1.29, 1.82) is 0 Å². The molecular formula is C73H74O2. The quantitative estimate of drug-likeness (QED) is 0.210. The monoisotopic (exact) mass is 983 g/mol. The Labute approximate surface area is 441 Å². The van der Waals surface area contributed by atoms with Gasteiger partial charge in [-0.05, 0) is 372 Å². The van der Waals surface area contributed by atoms with Gasteiger partial charge in [-0.15, -0.1) is 0 Å². The summed E-state index contributed by atoms with van der Waals surface area (Å²) in [6.07, 6.45) is 4.56. The summed E-state index contributed by atoms with van der Waals surface area (Å²) in [7, 11) is 1.69. The third kappa shape index (κ3) is 2.14. The standard InChI is InChI=1S/C73H74O2/c1-75-12(74)9-5-6-10-71(11-7-3-2-4-8-11)72-67-59-51-41-31-23-15-13-14-17-21-19(15)27-35-29(21)39-33-25(17)26-18(14)22-20-16(13)24(23)32-38-28(20)36-30(22)40-34(26)44-43(33)53-47(39)57-49(35)55(45(51)37(27)31)63(67)65(57)69-61(53)62-54(44)48(40)58-50(36)56-46(38)52(42(32)41)60(59)68(72)64(56)66(58)70(62)73(69,71)72/h2-4,7-8,13-70H,5-6,9-10H2,1H3. The summed E-state index contributed by atoms with van der Waals surface area (Å²) < 4.78 is 5.54. The van der Waals surface area contributed by atoms with Crippen LogP contribution >= 0.6 is 0 Å². The van der Waals surface area contributed by atoms with Crippen molar-refractivity contribution in [2.45, 2.75) is 31.1 Å². The van der Waals surface area contributed by atoms with Crippen molar-refractivity contribution in [3.63, 3.8) is 0 Å². The molecule has 0 amide bonds. The lowest BCUT2D eigenvalue weighted by Crippen LogP contribution is -2.62. The topological polar surface area (TPSA) is 26.3 Å². The van der Waals surface area contributed by atoms with Gasteiger partial charge in [0.15, 0.2) is 0 Å². The van der Waals surface area contributed by atoms with E-state index in [1.54, 1.807) is 7.11 Å². The first-order chi connectivity index (χ1) is 37.3. The summed E-state index contributed by atoms with van der Waals surface area (Å²) in [5, 5.41) is 0. The second kappa shape index (κ2) is 8.74. The number of hydrogen-bond donors (Lipinski definition) is 0. The smallest absolute Gasteiger partial charge is 0.305 e. The van der Waals surface area contributed by atoms with Gasteiger partial charge in [-0.1, -0.05) is 36.8 Å². The van der Waals surface area contributed by atoms with Gasteiger partial charge in [-0.25, -0.2) is 0 Å². The summed E-state index contributed by atoms with van der Waals surface area (Å²) in [5.74, 6) is 70.7. The summed E-state index contributed by atoms with van der Waals surface area (Å²) >= 11 is 0. The number of unbranched alkanes of at least 4 members (excludes halogenated alkanes) is 1. The van der Waals surface area contributed by atoms with Gasteiger partial charge in [-0.2, -0.15) is 0 Å². The molecule has 0 bridgehead atoms. The maximum Gasteiger partial charge on any atom is 0.305 e. The van der Waals surface area contributed by atoms with Gasteiger partial charge in [0.1, 0.15) is 0 Å². The van der Waals surface area contributed by atoms with Gasteiger partial charge in [0.2, 0.25) is 0 Å².